The first-order chi connectivity index (χ1) is 67.9. The quantitative estimate of drug-likeness (QED) is 0.121. The summed E-state index contributed by atoms with van der Waals surface area (Å²) < 4.78 is 21.1. The summed E-state index contributed by atoms with van der Waals surface area (Å²) in [5.74, 6) is 0. The second-order valence-corrected chi connectivity index (χ2v) is 36.9. The number of rotatable bonds is 11. The highest BCUT2D eigenvalue weighted by Gasteiger charge is 2.28. The van der Waals surface area contributed by atoms with Gasteiger partial charge in [-0.1, -0.05) is 388 Å². The van der Waals surface area contributed by atoms with E-state index in [9.17, 15) is 0 Å². The Morgan fingerprint density at radius 3 is 0.905 bits per heavy atom. The molecule has 0 aliphatic heterocycles. The molecular weight excluding hydrogens is 1660 g/mol. The first-order valence-corrected chi connectivity index (χ1v) is 47.3. The van der Waals surface area contributed by atoms with Gasteiger partial charge in [0, 0.05) is 32.3 Å². The maximum atomic E-state index is 7.26. The van der Waals surface area contributed by atoms with Gasteiger partial charge in [0.05, 0.1) is 0 Å². The van der Waals surface area contributed by atoms with Crippen LogP contribution < -0.4 is 0 Å². The molecule has 632 valence electrons. The second-order valence-electron chi connectivity index (χ2n) is 36.9. The molecule has 26 aromatic carbocycles. The Labute approximate surface area is 787 Å². The Morgan fingerprint density at radius 2 is 0.394 bits per heavy atom. The first kappa shape index (κ1) is 76.7. The van der Waals surface area contributed by atoms with Crippen molar-refractivity contribution in [2.75, 3.05) is 0 Å². The van der Waals surface area contributed by atoms with Gasteiger partial charge in [0.25, 0.3) is 0 Å². The molecule has 0 fully saturated rings. The fourth-order valence-corrected chi connectivity index (χ4v) is 23.4. The molecule has 0 aliphatic carbocycles. The van der Waals surface area contributed by atoms with Crippen LogP contribution in [0.5, 0.6) is 0 Å². The van der Waals surface area contributed by atoms with Gasteiger partial charge in [-0.25, -0.2) is 0 Å². The molecule has 29 aromatic rings. The summed E-state index contributed by atoms with van der Waals surface area (Å²) in [6, 6.07) is 175. The summed E-state index contributed by atoms with van der Waals surface area (Å²) in [7, 11) is 0. The molecule has 29 rings (SSSR count). The third kappa shape index (κ3) is 12.0. The highest BCUT2D eigenvalue weighted by atomic mass is 16.3. The summed E-state index contributed by atoms with van der Waals surface area (Å²) in [6.45, 7) is 0. The monoisotopic (exact) mass is 1730 g/mol. The average Bonchev–Trinajstić information content (AvgIpc) is 1.70. The van der Waals surface area contributed by atoms with Gasteiger partial charge in [0.2, 0.25) is 0 Å². The van der Waals surface area contributed by atoms with Crippen LogP contribution in [0.1, 0.15) is 0 Å². The Kier molecular flexibility index (Phi) is 16.9. The van der Waals surface area contributed by atoms with E-state index in [2.05, 4.69) is 473 Å². The topological polar surface area (TPSA) is 39.4 Å². The van der Waals surface area contributed by atoms with Crippen molar-refractivity contribution in [3.63, 3.8) is 0 Å². The smallest absolute Gasteiger partial charge is 0.136 e. The minimum Gasteiger partial charge on any atom is -0.456 e. The maximum absolute atomic E-state index is 7.26. The van der Waals surface area contributed by atoms with Crippen molar-refractivity contribution in [3.8, 4) is 122 Å². The lowest BCUT2D eigenvalue weighted by Gasteiger charge is -2.21. The van der Waals surface area contributed by atoms with Crippen LogP contribution in [0, 0.1) is 0 Å². The lowest BCUT2D eigenvalue weighted by atomic mass is 9.82. The minimum atomic E-state index is 0.831. The van der Waals surface area contributed by atoms with E-state index in [1.807, 2.05) is 0 Å². The van der Waals surface area contributed by atoms with Gasteiger partial charge in [-0.05, 0) is 326 Å². The summed E-state index contributed by atoms with van der Waals surface area (Å²) in [4.78, 5) is 0. The molecular formula is C134H78O3. The van der Waals surface area contributed by atoms with E-state index in [1.54, 1.807) is 0 Å². The van der Waals surface area contributed by atoms with Crippen LogP contribution in [0.4, 0.5) is 0 Å². The number of hydrogen-bond acceptors (Lipinski definition) is 3. The van der Waals surface area contributed by atoms with Crippen molar-refractivity contribution < 1.29 is 13.3 Å². The molecule has 3 heteroatoms. The zero-order chi connectivity index (χ0) is 89.6. The number of hydrogen-bond donors (Lipinski definition) is 0. The highest BCUT2D eigenvalue weighted by Crippen LogP contribution is 2.55. The average molecular weight is 1740 g/mol. The Balaban J connectivity index is 0.561. The molecule has 0 saturated heterocycles. The van der Waals surface area contributed by atoms with Gasteiger partial charge in [0.1, 0.15) is 33.5 Å². The van der Waals surface area contributed by atoms with Crippen molar-refractivity contribution in [2.45, 2.75) is 0 Å². The summed E-state index contributed by atoms with van der Waals surface area (Å²) >= 11 is 0. The third-order valence-corrected chi connectivity index (χ3v) is 29.5. The normalized spacial score (nSPS) is 12.1. The molecule has 3 nitrogen and oxygen atoms in total. The lowest BCUT2D eigenvalue weighted by Crippen LogP contribution is -1.93. The largest absolute Gasteiger partial charge is 0.456 e. The van der Waals surface area contributed by atoms with Gasteiger partial charge < -0.3 is 13.3 Å². The van der Waals surface area contributed by atoms with Crippen LogP contribution in [0.25, 0.3) is 307 Å². The predicted octanol–water partition coefficient (Wildman–Crippen LogP) is 38.4. The van der Waals surface area contributed by atoms with Gasteiger partial charge in [-0.15, -0.1) is 0 Å². The number of fused-ring (bicyclic) bond motifs is 20. The van der Waals surface area contributed by atoms with Gasteiger partial charge in [0.15, 0.2) is 0 Å². The van der Waals surface area contributed by atoms with Crippen molar-refractivity contribution in [1.29, 1.82) is 0 Å². The molecule has 0 bridgehead atoms. The van der Waals surface area contributed by atoms with Crippen LogP contribution in [0.3, 0.4) is 0 Å². The predicted molar refractivity (Wildman–Crippen MR) is 581 cm³/mol. The lowest BCUT2D eigenvalue weighted by molar-refractivity contribution is 0.669. The van der Waals surface area contributed by atoms with E-state index in [-0.39, 0.29) is 0 Å². The van der Waals surface area contributed by atoms with E-state index >= 15 is 0 Å². The number of benzene rings is 26. The molecule has 0 N–H and O–H groups in total. The zero-order valence-corrected chi connectivity index (χ0v) is 74.3. The van der Waals surface area contributed by atoms with Crippen molar-refractivity contribution in [3.05, 3.63) is 473 Å². The van der Waals surface area contributed by atoms with Gasteiger partial charge >= 0.3 is 0 Å². The minimum absolute atomic E-state index is 0.831. The fraction of sp³-hybridized carbons (Fsp3) is 0. The number of furan rings is 3. The molecule has 0 radical (unpaired) electrons. The molecule has 0 unspecified atom stereocenters. The Bertz CT molecular complexity index is 10200. The standard InChI is InChI=1S/C134H78O3/c1-3-26-79(27-4-1)84-34-21-35-93(68-84)127-104-41-15-13-39-102(104)126(103-40-14-16-42-105(103)127)83-56-54-82(55-57-83)98-47-23-51-120-132(98)117-74-91-60-58-87(69-94(91)77-124(117)135-120)89-62-64-111-115(71-89)130(108-45-19-17-43-106(108)128(111)101-48-22-33-81-30-9-10-36-96(81)101)114-50-25-53-122-134(114)119-75-92-61-59-88(70-95(92)78-125(119)137-122)90-63-65-112-116(72-90)131(113-49-24-52-121-133(113)118-73-85-31-7-8-32-86(85)76-123(118)136-121)109-46-20-18-44-107(109)129(112)110-67-66-97(80-28-5-2-6-29-80)99-37-11-12-38-100(99)110/h1-78H. The van der Waals surface area contributed by atoms with E-state index < -0.39 is 0 Å². The zero-order valence-electron chi connectivity index (χ0n) is 74.3. The summed E-state index contributed by atoms with van der Waals surface area (Å²) in [5.41, 5.74) is 30.9. The second kappa shape index (κ2) is 30.3. The van der Waals surface area contributed by atoms with Crippen molar-refractivity contribution >= 4 is 184 Å². The highest BCUT2D eigenvalue weighted by molar-refractivity contribution is 6.32. The van der Waals surface area contributed by atoms with Crippen LogP contribution in [-0.4, -0.2) is 0 Å². The van der Waals surface area contributed by atoms with E-state index in [0.717, 1.165) is 154 Å². The fourth-order valence-electron chi connectivity index (χ4n) is 23.4. The molecule has 0 spiro atoms. The van der Waals surface area contributed by atoms with Crippen molar-refractivity contribution in [2.24, 2.45) is 0 Å². The van der Waals surface area contributed by atoms with Crippen LogP contribution in [0.15, 0.2) is 486 Å². The molecule has 0 atom stereocenters. The van der Waals surface area contributed by atoms with Gasteiger partial charge in [-0.2, -0.15) is 0 Å². The maximum Gasteiger partial charge on any atom is 0.136 e. The molecule has 3 heterocycles. The Hall–Kier alpha value is -18.0. The van der Waals surface area contributed by atoms with Gasteiger partial charge in [-0.3, -0.25) is 0 Å². The van der Waals surface area contributed by atoms with Crippen LogP contribution >= 0.6 is 0 Å². The molecule has 0 amide bonds. The van der Waals surface area contributed by atoms with Crippen LogP contribution in [0.2, 0.25) is 0 Å². The van der Waals surface area contributed by atoms with Crippen LogP contribution in [-0.2, 0) is 0 Å². The Morgan fingerprint density at radius 1 is 0.102 bits per heavy atom. The molecule has 0 aliphatic rings. The van der Waals surface area contributed by atoms with Crippen molar-refractivity contribution in [1.82, 2.24) is 0 Å². The summed E-state index contributed by atoms with van der Waals surface area (Å²) in [6.07, 6.45) is 0. The SMILES string of the molecule is c1ccc(-c2cccc(-c3c4ccccc4c(-c4ccc(-c5cccc6oc7cc8cc(-c9ccc%10c(-c%11cccc%12ccccc%11%12)c%11ccccc%11c(-c%11cccc%12oc%13cc%14cc(-c%15ccc%16c(-c%17ccc(-c%18ccccc%18)c%18ccccc%17%18)c%17ccccc%17c(-c%17cccc%18oc%19cc%20ccccc%20cc%19c%17%18)c%16c%15)ccc%14cc%13c%11%12)c%10c9)ccc8cc7c56)cc4)c4ccccc34)c2)cc1. The molecule has 3 aromatic heterocycles. The van der Waals surface area contributed by atoms with E-state index in [0.29, 0.717) is 0 Å². The summed E-state index contributed by atoms with van der Waals surface area (Å²) in [5, 5.41) is 32.4. The molecule has 137 heavy (non-hydrogen) atoms. The van der Waals surface area contributed by atoms with E-state index in [4.69, 9.17) is 13.3 Å². The third-order valence-electron chi connectivity index (χ3n) is 29.5. The first-order valence-electron chi connectivity index (χ1n) is 47.3. The molecule has 0 saturated carbocycles. The van der Waals surface area contributed by atoms with E-state index in [1.165, 1.54) is 153 Å².